The van der Waals surface area contributed by atoms with Gasteiger partial charge in [0, 0.05) is 78.7 Å². The molecule has 5 heteroatoms. The number of nitrogens with zero attached hydrogens (tertiary/aromatic N) is 3. The molecule has 57 heavy (non-hydrogen) atoms. The third-order valence-corrected chi connectivity index (χ3v) is 14.1. The molecule has 0 bridgehead atoms. The minimum absolute atomic E-state index is 0.731. The number of rotatable bonds is 3. The van der Waals surface area contributed by atoms with Gasteiger partial charge in [-0.3, -0.25) is 0 Å². The zero-order chi connectivity index (χ0) is 37.2. The van der Waals surface area contributed by atoms with Crippen LogP contribution in [0.15, 0.2) is 176 Å². The van der Waals surface area contributed by atoms with Gasteiger partial charge in [0.25, 0.3) is 0 Å². The molecule has 0 fully saturated rings. The number of thiophene rings is 2. The van der Waals surface area contributed by atoms with E-state index in [2.05, 4.69) is 180 Å². The van der Waals surface area contributed by atoms with Crippen LogP contribution in [0.4, 0.5) is 0 Å². The fraction of sp³-hybridized carbons (Fsp3) is 0. The number of hydrogen-bond acceptors (Lipinski definition) is 4. The molecule has 0 unspecified atom stereocenters. The molecule has 4 aromatic heterocycles. The summed E-state index contributed by atoms with van der Waals surface area (Å²) in [6.45, 7) is 0. The molecular weight excluding hydrogens is 731 g/mol. The summed E-state index contributed by atoms with van der Waals surface area (Å²) < 4.78 is 7.50. The van der Waals surface area contributed by atoms with Crippen LogP contribution in [0, 0.1) is 0 Å². The second-order valence-electron chi connectivity index (χ2n) is 14.9. The van der Waals surface area contributed by atoms with Crippen LogP contribution in [0.2, 0.25) is 0 Å². The van der Waals surface area contributed by atoms with E-state index in [-0.39, 0.29) is 0 Å². The van der Waals surface area contributed by atoms with Gasteiger partial charge in [-0.05, 0) is 64.7 Å². The highest BCUT2D eigenvalue weighted by Gasteiger charge is 2.22. The highest BCUT2D eigenvalue weighted by Crippen LogP contribution is 2.45. The first-order valence-corrected chi connectivity index (χ1v) is 20.9. The summed E-state index contributed by atoms with van der Waals surface area (Å²) in [5, 5.41) is 13.5. The Labute approximate surface area is 334 Å². The van der Waals surface area contributed by atoms with E-state index in [0.717, 1.165) is 39.2 Å². The van der Waals surface area contributed by atoms with E-state index < -0.39 is 0 Å². The molecule has 0 saturated heterocycles. The van der Waals surface area contributed by atoms with E-state index >= 15 is 0 Å². The standard InChI is InChI=1S/C52H29N3S2/c1-2-12-33-30(11-1)21-23-38-34(33)24-25-39-35-13-4-8-18-45(35)55(50(38)39)32-28-42-37-15-6-10-20-47(37)57-51(42)43(29-32)52-53-44-17-7-3-16-40(44)49(54-52)31-22-26-48-41(27-31)36-14-5-9-19-46(36)56-48/h1-29H. The van der Waals surface area contributed by atoms with Gasteiger partial charge in [-0.25, -0.2) is 9.97 Å². The minimum Gasteiger partial charge on any atom is -0.309 e. The van der Waals surface area contributed by atoms with Crippen molar-refractivity contribution >= 4 is 117 Å². The summed E-state index contributed by atoms with van der Waals surface area (Å²) in [6.07, 6.45) is 0. The van der Waals surface area contributed by atoms with Crippen LogP contribution < -0.4 is 0 Å². The summed E-state index contributed by atoms with van der Waals surface area (Å²) in [4.78, 5) is 10.9. The van der Waals surface area contributed by atoms with Crippen LogP contribution in [0.5, 0.6) is 0 Å². The molecule has 0 spiro atoms. The first-order valence-electron chi connectivity index (χ1n) is 19.2. The zero-order valence-electron chi connectivity index (χ0n) is 30.4. The molecule has 0 amide bonds. The summed E-state index contributed by atoms with van der Waals surface area (Å²) in [6, 6.07) is 64.2. The Morgan fingerprint density at radius 1 is 0.404 bits per heavy atom. The fourth-order valence-corrected chi connectivity index (χ4v) is 11.5. The maximum atomic E-state index is 5.55. The van der Waals surface area contributed by atoms with Crippen molar-refractivity contribution in [2.24, 2.45) is 0 Å². The van der Waals surface area contributed by atoms with Gasteiger partial charge in [0.05, 0.1) is 22.2 Å². The number of hydrogen-bond donors (Lipinski definition) is 0. The van der Waals surface area contributed by atoms with E-state index in [1.54, 1.807) is 0 Å². The molecule has 0 saturated carbocycles. The van der Waals surface area contributed by atoms with E-state index in [4.69, 9.17) is 9.97 Å². The third-order valence-electron chi connectivity index (χ3n) is 11.8. The molecule has 0 aliphatic carbocycles. The van der Waals surface area contributed by atoms with Crippen molar-refractivity contribution in [3.8, 4) is 28.3 Å². The molecule has 0 aliphatic rings. The predicted octanol–water partition coefficient (Wildman–Crippen LogP) is 15.1. The second-order valence-corrected chi connectivity index (χ2v) is 17.0. The summed E-state index contributed by atoms with van der Waals surface area (Å²) in [5.74, 6) is 0.731. The molecule has 0 radical (unpaired) electrons. The molecule has 0 atom stereocenters. The van der Waals surface area contributed by atoms with Crippen molar-refractivity contribution < 1.29 is 0 Å². The van der Waals surface area contributed by atoms with Gasteiger partial charge in [0.2, 0.25) is 0 Å². The molecule has 0 N–H and O–H groups in total. The van der Waals surface area contributed by atoms with E-state index in [9.17, 15) is 0 Å². The van der Waals surface area contributed by atoms with Crippen LogP contribution in [0.3, 0.4) is 0 Å². The molecule has 3 nitrogen and oxygen atoms in total. The maximum Gasteiger partial charge on any atom is 0.161 e. The third kappa shape index (κ3) is 4.52. The average Bonchev–Trinajstić information content (AvgIpc) is 3.95. The highest BCUT2D eigenvalue weighted by atomic mass is 32.1. The van der Waals surface area contributed by atoms with Crippen LogP contribution in [-0.2, 0) is 0 Å². The number of fused-ring (bicyclic) bond motifs is 14. The average molecular weight is 760 g/mol. The lowest BCUT2D eigenvalue weighted by Gasteiger charge is -2.15. The van der Waals surface area contributed by atoms with E-state index in [1.165, 1.54) is 83.7 Å². The number of para-hydroxylation sites is 2. The van der Waals surface area contributed by atoms with Crippen molar-refractivity contribution in [2.45, 2.75) is 0 Å². The largest absolute Gasteiger partial charge is 0.309 e. The Hall–Kier alpha value is -6.92. The van der Waals surface area contributed by atoms with Gasteiger partial charge < -0.3 is 4.57 Å². The molecule has 13 rings (SSSR count). The van der Waals surface area contributed by atoms with Crippen molar-refractivity contribution in [3.05, 3.63) is 176 Å². The maximum absolute atomic E-state index is 5.55. The van der Waals surface area contributed by atoms with Crippen molar-refractivity contribution in [1.82, 2.24) is 14.5 Å². The quantitative estimate of drug-likeness (QED) is 0.168. The topological polar surface area (TPSA) is 30.7 Å². The number of benzene rings is 9. The van der Waals surface area contributed by atoms with E-state index in [1.807, 2.05) is 22.7 Å². The lowest BCUT2D eigenvalue weighted by Crippen LogP contribution is -1.99. The SMILES string of the molecule is c1ccc2c(c1)ccc1c2ccc2c3ccccc3n(-c3cc(-c4nc(-c5ccc6sc7ccccc7c6c5)c5ccccc5n4)c4sc5ccccc5c4c3)c12. The van der Waals surface area contributed by atoms with Crippen LogP contribution in [-0.4, -0.2) is 14.5 Å². The van der Waals surface area contributed by atoms with Crippen molar-refractivity contribution in [3.63, 3.8) is 0 Å². The number of aromatic nitrogens is 3. The first-order chi connectivity index (χ1) is 28.2. The Balaban J connectivity index is 1.14. The van der Waals surface area contributed by atoms with Crippen LogP contribution >= 0.6 is 22.7 Å². The zero-order valence-corrected chi connectivity index (χ0v) is 32.0. The fourth-order valence-electron chi connectivity index (χ4n) is 9.21. The summed E-state index contributed by atoms with van der Waals surface area (Å²) >= 11 is 3.67. The molecular formula is C52H29N3S2. The van der Waals surface area contributed by atoms with Gasteiger partial charge in [-0.1, -0.05) is 127 Å². The Bertz CT molecular complexity index is 3830. The molecule has 0 aliphatic heterocycles. The summed E-state index contributed by atoms with van der Waals surface area (Å²) in [7, 11) is 0. The minimum atomic E-state index is 0.731. The highest BCUT2D eigenvalue weighted by molar-refractivity contribution is 7.26. The van der Waals surface area contributed by atoms with Gasteiger partial charge in [0.15, 0.2) is 5.82 Å². The smallest absolute Gasteiger partial charge is 0.161 e. The normalized spacial score (nSPS) is 12.2. The molecule has 13 aromatic rings. The van der Waals surface area contributed by atoms with Gasteiger partial charge in [-0.2, -0.15) is 0 Å². The monoisotopic (exact) mass is 759 g/mol. The first kappa shape index (κ1) is 31.3. The van der Waals surface area contributed by atoms with Gasteiger partial charge in [0.1, 0.15) is 0 Å². The molecule has 4 heterocycles. The van der Waals surface area contributed by atoms with Crippen LogP contribution in [0.25, 0.3) is 123 Å². The molecule has 9 aromatic carbocycles. The Morgan fingerprint density at radius 2 is 1.05 bits per heavy atom. The van der Waals surface area contributed by atoms with Gasteiger partial charge in [-0.15, -0.1) is 22.7 Å². The summed E-state index contributed by atoms with van der Waals surface area (Å²) in [5.41, 5.74) is 7.49. The molecule has 264 valence electrons. The van der Waals surface area contributed by atoms with Crippen molar-refractivity contribution in [1.29, 1.82) is 0 Å². The van der Waals surface area contributed by atoms with E-state index in [0.29, 0.717) is 0 Å². The Kier molecular flexibility index (Phi) is 6.48. The lowest BCUT2D eigenvalue weighted by atomic mass is 9.99. The van der Waals surface area contributed by atoms with Gasteiger partial charge >= 0.3 is 0 Å². The Morgan fingerprint density at radius 3 is 1.93 bits per heavy atom. The lowest BCUT2D eigenvalue weighted by molar-refractivity contribution is 1.18. The predicted molar refractivity (Wildman–Crippen MR) is 246 cm³/mol. The van der Waals surface area contributed by atoms with Crippen molar-refractivity contribution in [2.75, 3.05) is 0 Å². The van der Waals surface area contributed by atoms with Crippen LogP contribution in [0.1, 0.15) is 0 Å². The second kappa shape index (κ2) is 11.8.